The van der Waals surface area contributed by atoms with Gasteiger partial charge in [0.05, 0.1) is 18.1 Å². The lowest BCUT2D eigenvalue weighted by atomic mass is 9.93. The van der Waals surface area contributed by atoms with Gasteiger partial charge in [0.15, 0.2) is 5.65 Å². The lowest BCUT2D eigenvalue weighted by Crippen LogP contribution is -2.13. The molecule has 0 unspecified atom stereocenters. The molecule has 14 heavy (non-hydrogen) atoms. The van der Waals surface area contributed by atoms with E-state index in [1.807, 2.05) is 13.2 Å². The molecule has 0 N–H and O–H groups in total. The standard InChI is InChI=1S/C10H14N4/c1-10(2,3)8-6-11-9-7(13-8)5-12-14(9)4/h5-6H,1-4H3. The Morgan fingerprint density at radius 2 is 1.93 bits per heavy atom. The lowest BCUT2D eigenvalue weighted by Gasteiger charge is -2.16. The van der Waals surface area contributed by atoms with Gasteiger partial charge in [-0.1, -0.05) is 20.8 Å². The van der Waals surface area contributed by atoms with Gasteiger partial charge in [-0.05, 0) is 0 Å². The van der Waals surface area contributed by atoms with Gasteiger partial charge in [0.25, 0.3) is 0 Å². The molecule has 2 heterocycles. The van der Waals surface area contributed by atoms with Gasteiger partial charge in [-0.15, -0.1) is 0 Å². The van der Waals surface area contributed by atoms with E-state index < -0.39 is 0 Å². The Bertz CT molecular complexity index is 464. The van der Waals surface area contributed by atoms with E-state index in [0.29, 0.717) is 0 Å². The third kappa shape index (κ3) is 1.36. The summed E-state index contributed by atoms with van der Waals surface area (Å²) >= 11 is 0. The lowest BCUT2D eigenvalue weighted by molar-refractivity contribution is 0.568. The third-order valence-corrected chi connectivity index (χ3v) is 2.21. The number of aromatic nitrogens is 4. The van der Waals surface area contributed by atoms with E-state index in [4.69, 9.17) is 0 Å². The zero-order valence-corrected chi connectivity index (χ0v) is 8.94. The number of hydrogen-bond donors (Lipinski definition) is 0. The average Bonchev–Trinajstić information content (AvgIpc) is 2.46. The van der Waals surface area contributed by atoms with Crippen LogP contribution in [-0.4, -0.2) is 19.7 Å². The van der Waals surface area contributed by atoms with Crippen LogP contribution < -0.4 is 0 Å². The van der Waals surface area contributed by atoms with Crippen LogP contribution in [0.4, 0.5) is 0 Å². The summed E-state index contributed by atoms with van der Waals surface area (Å²) in [6.07, 6.45) is 3.57. The molecular weight excluding hydrogens is 176 g/mol. The molecule has 0 atom stereocenters. The van der Waals surface area contributed by atoms with Gasteiger partial charge in [0, 0.05) is 12.5 Å². The maximum absolute atomic E-state index is 4.52. The predicted octanol–water partition coefficient (Wildman–Crippen LogP) is 1.66. The van der Waals surface area contributed by atoms with E-state index >= 15 is 0 Å². The molecule has 0 aromatic carbocycles. The van der Waals surface area contributed by atoms with Crippen molar-refractivity contribution in [1.29, 1.82) is 0 Å². The van der Waals surface area contributed by atoms with Gasteiger partial charge in [-0.25, -0.2) is 14.6 Å². The molecule has 74 valence electrons. The Morgan fingerprint density at radius 3 is 2.57 bits per heavy atom. The van der Waals surface area contributed by atoms with Crippen molar-refractivity contribution in [1.82, 2.24) is 19.7 Å². The molecular formula is C10H14N4. The molecule has 0 aliphatic rings. The topological polar surface area (TPSA) is 43.6 Å². The summed E-state index contributed by atoms with van der Waals surface area (Å²) < 4.78 is 1.73. The maximum Gasteiger partial charge on any atom is 0.176 e. The van der Waals surface area contributed by atoms with Gasteiger partial charge >= 0.3 is 0 Å². The molecule has 0 spiro atoms. The fourth-order valence-corrected chi connectivity index (χ4v) is 1.29. The summed E-state index contributed by atoms with van der Waals surface area (Å²) in [5.41, 5.74) is 2.73. The number of fused-ring (bicyclic) bond motifs is 1. The highest BCUT2D eigenvalue weighted by molar-refractivity contribution is 5.69. The number of nitrogens with zero attached hydrogens (tertiary/aromatic N) is 4. The van der Waals surface area contributed by atoms with Crippen molar-refractivity contribution in [2.24, 2.45) is 7.05 Å². The molecule has 0 aliphatic heterocycles. The summed E-state index contributed by atoms with van der Waals surface area (Å²) in [7, 11) is 1.87. The van der Waals surface area contributed by atoms with Gasteiger partial charge in [0.1, 0.15) is 5.52 Å². The van der Waals surface area contributed by atoms with Crippen LogP contribution in [0.5, 0.6) is 0 Å². The second kappa shape index (κ2) is 2.77. The summed E-state index contributed by atoms with van der Waals surface area (Å²) in [5.74, 6) is 0. The molecule has 2 rings (SSSR count). The first-order valence-electron chi connectivity index (χ1n) is 4.64. The first-order valence-corrected chi connectivity index (χ1v) is 4.64. The minimum atomic E-state index is 0.0387. The Kier molecular flexibility index (Phi) is 1.80. The Morgan fingerprint density at radius 1 is 1.21 bits per heavy atom. The number of rotatable bonds is 0. The monoisotopic (exact) mass is 190 g/mol. The first-order chi connectivity index (χ1) is 6.48. The number of aryl methyl sites for hydroxylation is 1. The summed E-state index contributed by atoms with van der Waals surface area (Å²) in [4.78, 5) is 8.87. The minimum Gasteiger partial charge on any atom is -0.249 e. The van der Waals surface area contributed by atoms with E-state index in [-0.39, 0.29) is 5.41 Å². The Hall–Kier alpha value is -1.45. The van der Waals surface area contributed by atoms with Crippen LogP contribution in [0, 0.1) is 0 Å². The molecule has 2 aromatic heterocycles. The highest BCUT2D eigenvalue weighted by atomic mass is 15.3. The van der Waals surface area contributed by atoms with Crippen LogP contribution in [-0.2, 0) is 12.5 Å². The highest BCUT2D eigenvalue weighted by Crippen LogP contribution is 2.20. The zero-order valence-electron chi connectivity index (χ0n) is 8.94. The molecule has 0 saturated heterocycles. The van der Waals surface area contributed by atoms with Crippen molar-refractivity contribution in [3.8, 4) is 0 Å². The fraction of sp³-hybridized carbons (Fsp3) is 0.500. The van der Waals surface area contributed by atoms with Crippen molar-refractivity contribution in [2.45, 2.75) is 26.2 Å². The van der Waals surface area contributed by atoms with E-state index in [1.165, 1.54) is 0 Å². The second-order valence-electron chi connectivity index (χ2n) is 4.48. The normalized spacial score (nSPS) is 12.3. The third-order valence-electron chi connectivity index (χ3n) is 2.21. The fourth-order valence-electron chi connectivity index (χ4n) is 1.29. The van der Waals surface area contributed by atoms with Crippen LogP contribution in [0.2, 0.25) is 0 Å². The van der Waals surface area contributed by atoms with Crippen molar-refractivity contribution in [2.75, 3.05) is 0 Å². The summed E-state index contributed by atoms with van der Waals surface area (Å²) in [5, 5.41) is 4.11. The smallest absolute Gasteiger partial charge is 0.176 e. The van der Waals surface area contributed by atoms with E-state index in [0.717, 1.165) is 16.9 Å². The quantitative estimate of drug-likeness (QED) is 0.634. The largest absolute Gasteiger partial charge is 0.249 e. The van der Waals surface area contributed by atoms with Crippen molar-refractivity contribution in [3.63, 3.8) is 0 Å². The van der Waals surface area contributed by atoms with Gasteiger partial charge < -0.3 is 0 Å². The van der Waals surface area contributed by atoms with Crippen molar-refractivity contribution >= 4 is 11.2 Å². The molecule has 0 amide bonds. The summed E-state index contributed by atoms with van der Waals surface area (Å²) in [6, 6.07) is 0. The highest BCUT2D eigenvalue weighted by Gasteiger charge is 2.16. The minimum absolute atomic E-state index is 0.0387. The Balaban J connectivity index is 2.63. The van der Waals surface area contributed by atoms with Gasteiger partial charge in [0.2, 0.25) is 0 Å². The number of hydrogen-bond acceptors (Lipinski definition) is 3. The Labute approximate surface area is 83.0 Å². The zero-order chi connectivity index (χ0) is 10.3. The van der Waals surface area contributed by atoms with Crippen LogP contribution in [0.15, 0.2) is 12.4 Å². The second-order valence-corrected chi connectivity index (χ2v) is 4.48. The van der Waals surface area contributed by atoms with Crippen molar-refractivity contribution in [3.05, 3.63) is 18.1 Å². The molecule has 4 heteroatoms. The molecule has 0 aliphatic carbocycles. The van der Waals surface area contributed by atoms with E-state index in [9.17, 15) is 0 Å². The molecule has 0 radical (unpaired) electrons. The van der Waals surface area contributed by atoms with Gasteiger partial charge in [-0.3, -0.25) is 0 Å². The van der Waals surface area contributed by atoms with Crippen molar-refractivity contribution < 1.29 is 0 Å². The molecule has 2 aromatic rings. The maximum atomic E-state index is 4.52. The van der Waals surface area contributed by atoms with Crippen LogP contribution in [0.25, 0.3) is 11.2 Å². The van der Waals surface area contributed by atoms with Crippen LogP contribution in [0.1, 0.15) is 26.5 Å². The van der Waals surface area contributed by atoms with E-state index in [1.54, 1.807) is 10.9 Å². The van der Waals surface area contributed by atoms with Gasteiger partial charge in [-0.2, -0.15) is 5.10 Å². The SMILES string of the molecule is Cn1ncc2nc(C(C)(C)C)cnc21. The summed E-state index contributed by atoms with van der Waals surface area (Å²) in [6.45, 7) is 6.37. The van der Waals surface area contributed by atoms with E-state index in [2.05, 4.69) is 35.8 Å². The molecule has 0 fully saturated rings. The molecule has 4 nitrogen and oxygen atoms in total. The first kappa shape index (κ1) is 9.12. The molecule has 0 saturated carbocycles. The van der Waals surface area contributed by atoms with Crippen LogP contribution in [0.3, 0.4) is 0 Å². The predicted molar refractivity (Wildman–Crippen MR) is 55.0 cm³/mol. The average molecular weight is 190 g/mol. The van der Waals surface area contributed by atoms with Crippen LogP contribution >= 0.6 is 0 Å². The molecule has 0 bridgehead atoms.